The van der Waals surface area contributed by atoms with Gasteiger partial charge in [-0.1, -0.05) is 18.2 Å². The van der Waals surface area contributed by atoms with Crippen LogP contribution in [0.25, 0.3) is 0 Å². The third-order valence-corrected chi connectivity index (χ3v) is 4.73. The first kappa shape index (κ1) is 22.4. The zero-order valence-electron chi connectivity index (χ0n) is 15.9. The van der Waals surface area contributed by atoms with E-state index < -0.39 is 44.9 Å². The van der Waals surface area contributed by atoms with Crippen LogP contribution < -0.4 is 21.1 Å². The second-order valence-corrected chi connectivity index (χ2v) is 7.35. The summed E-state index contributed by atoms with van der Waals surface area (Å²) in [6, 6.07) is 11.0. The molecule has 3 aromatic rings. The van der Waals surface area contributed by atoms with Gasteiger partial charge in [0.2, 0.25) is 0 Å². The number of nitrogens with one attached hydrogen (secondary N) is 3. The molecule has 0 fully saturated rings. The van der Waals surface area contributed by atoms with E-state index in [0.29, 0.717) is 6.20 Å². The van der Waals surface area contributed by atoms with E-state index in [4.69, 9.17) is 0 Å². The Balaban J connectivity index is 2.16. The van der Waals surface area contributed by atoms with Crippen LogP contribution in [0.15, 0.2) is 70.4 Å². The van der Waals surface area contributed by atoms with Crippen LogP contribution in [0.3, 0.4) is 0 Å². The number of amides is 2. The number of hydrogen-bond donors (Lipinski definition) is 4. The third-order valence-electron chi connectivity index (χ3n) is 3.93. The van der Waals surface area contributed by atoms with E-state index in [0.717, 1.165) is 24.3 Å². The molecular weight excluding hydrogens is 449 g/mol. The number of carbonyl (C=O) groups is 2. The number of nitrogens with zero attached hydrogens (tertiary/aromatic N) is 2. The Hall–Kier alpha value is -4.30. The van der Waals surface area contributed by atoms with Crippen molar-refractivity contribution < 1.29 is 27.0 Å². The van der Waals surface area contributed by atoms with E-state index in [1.54, 1.807) is 11.1 Å². The number of hydrazine groups is 2. The molecule has 0 saturated carbocycles. The van der Waals surface area contributed by atoms with Crippen LogP contribution in [0.2, 0.25) is 0 Å². The van der Waals surface area contributed by atoms with Crippen molar-refractivity contribution in [2.75, 3.05) is 4.41 Å². The zero-order chi connectivity index (χ0) is 23.5. The molecule has 1 aromatic heterocycles. The Morgan fingerprint density at radius 2 is 1.59 bits per heavy atom. The number of carbonyl (C=O) groups excluding carboxylic acids is 2. The van der Waals surface area contributed by atoms with Crippen molar-refractivity contribution >= 4 is 27.8 Å². The summed E-state index contributed by atoms with van der Waals surface area (Å²) in [6.07, 6.45) is 0.606. The predicted molar refractivity (Wildman–Crippen MR) is 108 cm³/mol. The molecule has 3 rings (SSSR count). The Labute approximate surface area is 178 Å². The van der Waals surface area contributed by atoms with Crippen LogP contribution in [0.1, 0.15) is 20.7 Å². The van der Waals surface area contributed by atoms with Gasteiger partial charge >= 0.3 is 16.0 Å². The third kappa shape index (κ3) is 4.88. The minimum atomic E-state index is -5.43. The van der Waals surface area contributed by atoms with Gasteiger partial charge in [-0.3, -0.25) is 23.9 Å². The van der Waals surface area contributed by atoms with Crippen LogP contribution in [-0.2, 0) is 10.3 Å². The first-order valence-corrected chi connectivity index (χ1v) is 10.0. The summed E-state index contributed by atoms with van der Waals surface area (Å²) in [5, 5.41) is 0.0425. The number of benzene rings is 2. The highest BCUT2D eigenvalue weighted by molar-refractivity contribution is 7.87. The van der Waals surface area contributed by atoms with Crippen molar-refractivity contribution in [1.29, 1.82) is 0 Å². The molecule has 0 radical (unpaired) electrons. The summed E-state index contributed by atoms with van der Waals surface area (Å²) in [5.41, 5.74) is -1.57. The number of aromatic amines is 2. The molecule has 0 atom stereocenters. The highest BCUT2D eigenvalue weighted by Gasteiger charge is 2.35. The molecule has 2 aromatic carbocycles. The summed E-state index contributed by atoms with van der Waals surface area (Å²) < 4.78 is 47.1. The average Bonchev–Trinajstić information content (AvgIpc) is 2.74. The predicted octanol–water partition coefficient (Wildman–Crippen LogP) is 0.214. The molecule has 0 unspecified atom stereocenters. The summed E-state index contributed by atoms with van der Waals surface area (Å²) >= 11 is 0. The normalized spacial score (nSPS) is 10.9. The number of anilines is 1. The second kappa shape index (κ2) is 8.83. The summed E-state index contributed by atoms with van der Waals surface area (Å²) in [7, 11) is -5.43. The molecular formula is C18H14FN5O7S. The summed E-state index contributed by atoms with van der Waals surface area (Å²) in [6.45, 7) is 0. The monoisotopic (exact) mass is 463 g/mol. The van der Waals surface area contributed by atoms with Gasteiger partial charge in [-0.15, -0.1) is 9.53 Å². The van der Waals surface area contributed by atoms with E-state index in [1.165, 1.54) is 24.3 Å². The fourth-order valence-corrected chi connectivity index (χ4v) is 3.23. The van der Waals surface area contributed by atoms with Gasteiger partial charge in [-0.2, -0.15) is 8.42 Å². The number of aromatic nitrogens is 2. The van der Waals surface area contributed by atoms with Gasteiger partial charge in [0, 0.05) is 17.3 Å². The lowest BCUT2D eigenvalue weighted by Gasteiger charge is -2.32. The van der Waals surface area contributed by atoms with Gasteiger partial charge in [0.1, 0.15) is 5.82 Å². The van der Waals surface area contributed by atoms with Crippen LogP contribution in [0.4, 0.5) is 10.1 Å². The van der Waals surface area contributed by atoms with E-state index >= 15 is 0 Å². The summed E-state index contributed by atoms with van der Waals surface area (Å²) in [4.78, 5) is 52.9. The van der Waals surface area contributed by atoms with E-state index in [-0.39, 0.29) is 20.7 Å². The molecule has 1 heterocycles. The van der Waals surface area contributed by atoms with E-state index in [1.807, 2.05) is 10.4 Å². The SMILES string of the molecule is O=C(NN(C(=O)c1ccc(F)cc1)N(c1c[nH]c(=O)[nH]c1=O)S(=O)(=O)O)c1ccccc1. The second-order valence-electron chi connectivity index (χ2n) is 6.11. The largest absolute Gasteiger partial charge is 0.379 e. The maximum atomic E-state index is 13.3. The van der Waals surface area contributed by atoms with E-state index in [9.17, 15) is 36.5 Å². The van der Waals surface area contributed by atoms with Gasteiger partial charge in [0.25, 0.3) is 17.4 Å². The Bertz CT molecular complexity index is 1370. The highest BCUT2D eigenvalue weighted by atomic mass is 32.2. The molecule has 0 aliphatic rings. The van der Waals surface area contributed by atoms with Crippen LogP contribution in [0, 0.1) is 5.82 Å². The molecule has 4 N–H and O–H groups in total. The Kier molecular flexibility index (Phi) is 6.17. The summed E-state index contributed by atoms with van der Waals surface area (Å²) in [5.74, 6) is -2.96. The fourth-order valence-electron chi connectivity index (χ4n) is 2.52. The van der Waals surface area contributed by atoms with E-state index in [2.05, 4.69) is 0 Å². The molecule has 0 saturated heterocycles. The maximum absolute atomic E-state index is 13.3. The van der Waals surface area contributed by atoms with Crippen molar-refractivity contribution in [2.24, 2.45) is 0 Å². The number of H-pyrrole nitrogens is 2. The standard InChI is InChI=1S/C18H14FN5O7S/c19-13-8-6-12(7-9-13)17(27)23(22-15(25)11-4-2-1-3-5-11)24(32(29,30)31)14-10-20-18(28)21-16(14)26/h1-10H,(H,22,25)(H,29,30,31)(H2,20,21,26,28). The van der Waals surface area contributed by atoms with Crippen molar-refractivity contribution in [3.63, 3.8) is 0 Å². The fraction of sp³-hybridized carbons (Fsp3) is 0. The highest BCUT2D eigenvalue weighted by Crippen LogP contribution is 2.16. The smallest absolute Gasteiger partial charge is 0.312 e. The molecule has 12 nitrogen and oxygen atoms in total. The van der Waals surface area contributed by atoms with Gasteiger partial charge < -0.3 is 4.98 Å². The van der Waals surface area contributed by atoms with Crippen molar-refractivity contribution in [3.05, 3.63) is 98.6 Å². The van der Waals surface area contributed by atoms with Crippen molar-refractivity contribution in [3.8, 4) is 0 Å². The number of hydrogen-bond acceptors (Lipinski definition) is 6. The van der Waals surface area contributed by atoms with Crippen LogP contribution in [0.5, 0.6) is 0 Å². The molecule has 32 heavy (non-hydrogen) atoms. The first-order valence-electron chi connectivity index (χ1n) is 8.63. The van der Waals surface area contributed by atoms with Crippen LogP contribution >= 0.6 is 0 Å². The molecule has 2 amide bonds. The average molecular weight is 463 g/mol. The topological polar surface area (TPSA) is 173 Å². The van der Waals surface area contributed by atoms with Gasteiger partial charge in [-0.05, 0) is 36.4 Å². The van der Waals surface area contributed by atoms with Crippen molar-refractivity contribution in [1.82, 2.24) is 20.5 Å². The number of halogens is 1. The zero-order valence-corrected chi connectivity index (χ0v) is 16.7. The lowest BCUT2D eigenvalue weighted by atomic mass is 10.2. The quantitative estimate of drug-likeness (QED) is 0.309. The Morgan fingerprint density at radius 1 is 0.969 bits per heavy atom. The minimum Gasteiger partial charge on any atom is -0.312 e. The number of rotatable bonds is 5. The molecule has 0 aliphatic carbocycles. The molecule has 166 valence electrons. The van der Waals surface area contributed by atoms with Crippen molar-refractivity contribution in [2.45, 2.75) is 0 Å². The lowest BCUT2D eigenvalue weighted by molar-refractivity contribution is 0.0591. The molecule has 0 bridgehead atoms. The Morgan fingerprint density at radius 3 is 2.16 bits per heavy atom. The van der Waals surface area contributed by atoms with Gasteiger partial charge in [-0.25, -0.2) is 14.6 Å². The molecule has 0 spiro atoms. The van der Waals surface area contributed by atoms with Crippen LogP contribution in [-0.4, -0.2) is 39.9 Å². The first-order chi connectivity index (χ1) is 15.1. The lowest BCUT2D eigenvalue weighted by Crippen LogP contribution is -2.59. The molecule has 14 heteroatoms. The molecule has 0 aliphatic heterocycles. The minimum absolute atomic E-state index is 0.00456. The maximum Gasteiger partial charge on any atom is 0.379 e. The van der Waals surface area contributed by atoms with Gasteiger partial charge in [0.15, 0.2) is 5.69 Å². The van der Waals surface area contributed by atoms with Gasteiger partial charge in [0.05, 0.1) is 0 Å².